The maximum absolute atomic E-state index is 11.5. The number of rotatable bonds is 4. The van der Waals surface area contributed by atoms with Crippen LogP contribution in [0, 0.1) is 0 Å². The Morgan fingerprint density at radius 2 is 2.08 bits per heavy atom. The van der Waals surface area contributed by atoms with Crippen molar-refractivity contribution >= 4 is 17.4 Å². The third kappa shape index (κ3) is 3.25. The van der Waals surface area contributed by atoms with Gasteiger partial charge >= 0.3 is 0 Å². The third-order valence-corrected chi connectivity index (χ3v) is 4.85. The Morgan fingerprint density at radius 3 is 2.85 bits per heavy atom. The highest BCUT2D eigenvalue weighted by molar-refractivity contribution is 5.94. The van der Waals surface area contributed by atoms with Gasteiger partial charge in [-0.05, 0) is 37.8 Å². The molecular weight excluding hydrogens is 330 g/mol. The number of carbonyl (C=O) groups is 1. The van der Waals surface area contributed by atoms with Gasteiger partial charge in [0.2, 0.25) is 5.91 Å². The van der Waals surface area contributed by atoms with Crippen LogP contribution in [0.25, 0.3) is 16.9 Å². The minimum Gasteiger partial charge on any atom is -0.393 e. The van der Waals surface area contributed by atoms with Crippen molar-refractivity contribution in [2.75, 3.05) is 5.32 Å². The second-order valence-corrected chi connectivity index (χ2v) is 6.73. The van der Waals surface area contributed by atoms with E-state index in [0.29, 0.717) is 11.4 Å². The summed E-state index contributed by atoms with van der Waals surface area (Å²) < 4.78 is 1.92. The number of fused-ring (bicyclic) bond motifs is 1. The smallest absolute Gasteiger partial charge is 0.248 e. The summed E-state index contributed by atoms with van der Waals surface area (Å²) in [7, 11) is 0. The number of benzene rings is 1. The fourth-order valence-corrected chi connectivity index (χ4v) is 3.41. The Labute approximate surface area is 150 Å². The van der Waals surface area contributed by atoms with Crippen molar-refractivity contribution in [1.29, 1.82) is 0 Å². The number of hydrogen-bond acceptors (Lipinski definition) is 5. The highest BCUT2D eigenvalue weighted by Gasteiger charge is 2.21. The first-order chi connectivity index (χ1) is 12.6. The molecule has 0 bridgehead atoms. The van der Waals surface area contributed by atoms with Crippen LogP contribution in [0.2, 0.25) is 0 Å². The molecule has 1 aliphatic carbocycles. The van der Waals surface area contributed by atoms with Crippen molar-refractivity contribution in [2.45, 2.75) is 37.8 Å². The van der Waals surface area contributed by atoms with Crippen molar-refractivity contribution in [3.05, 3.63) is 48.4 Å². The van der Waals surface area contributed by atoms with Crippen molar-refractivity contribution in [3.8, 4) is 11.3 Å². The summed E-state index contributed by atoms with van der Waals surface area (Å²) in [6, 6.07) is 7.39. The molecular formula is C19H21N5O2. The molecule has 0 spiro atoms. The number of amides is 1. The summed E-state index contributed by atoms with van der Waals surface area (Å²) >= 11 is 0. The van der Waals surface area contributed by atoms with Gasteiger partial charge < -0.3 is 20.6 Å². The van der Waals surface area contributed by atoms with E-state index in [2.05, 4.69) is 10.3 Å². The average molecular weight is 351 g/mol. The molecule has 1 aromatic carbocycles. The van der Waals surface area contributed by atoms with E-state index in [0.717, 1.165) is 42.6 Å². The summed E-state index contributed by atoms with van der Waals surface area (Å²) in [6.45, 7) is 0. The highest BCUT2D eigenvalue weighted by atomic mass is 16.3. The van der Waals surface area contributed by atoms with E-state index < -0.39 is 5.91 Å². The molecule has 0 saturated heterocycles. The number of carbonyl (C=O) groups excluding carboxylic acids is 1. The molecule has 3 aromatic rings. The van der Waals surface area contributed by atoms with Crippen LogP contribution in [0.5, 0.6) is 0 Å². The molecule has 1 saturated carbocycles. The van der Waals surface area contributed by atoms with Gasteiger partial charge in [-0.2, -0.15) is 0 Å². The number of nitrogens with zero attached hydrogens (tertiary/aromatic N) is 3. The first-order valence-electron chi connectivity index (χ1n) is 8.79. The van der Waals surface area contributed by atoms with Gasteiger partial charge in [-0.1, -0.05) is 12.1 Å². The van der Waals surface area contributed by atoms with Crippen LogP contribution in [0.4, 0.5) is 5.82 Å². The van der Waals surface area contributed by atoms with E-state index >= 15 is 0 Å². The molecule has 4 N–H and O–H groups in total. The Balaban J connectivity index is 1.70. The van der Waals surface area contributed by atoms with Gasteiger partial charge in [-0.15, -0.1) is 0 Å². The number of imidazole rings is 1. The summed E-state index contributed by atoms with van der Waals surface area (Å²) in [5, 5.41) is 13.2. The van der Waals surface area contributed by atoms with Crippen LogP contribution in [-0.4, -0.2) is 37.5 Å². The maximum atomic E-state index is 11.5. The lowest BCUT2D eigenvalue weighted by atomic mass is 9.93. The van der Waals surface area contributed by atoms with Crippen molar-refractivity contribution in [2.24, 2.45) is 5.73 Å². The first-order valence-corrected chi connectivity index (χ1v) is 8.79. The van der Waals surface area contributed by atoms with Crippen LogP contribution in [0.3, 0.4) is 0 Å². The van der Waals surface area contributed by atoms with E-state index in [9.17, 15) is 9.90 Å². The number of nitrogens with two attached hydrogens (primary N) is 1. The lowest BCUT2D eigenvalue weighted by molar-refractivity contribution is 0.1000. The molecule has 1 aliphatic rings. The van der Waals surface area contributed by atoms with E-state index in [1.165, 1.54) is 0 Å². The molecule has 2 aromatic heterocycles. The van der Waals surface area contributed by atoms with Crippen LogP contribution < -0.4 is 11.1 Å². The quantitative estimate of drug-likeness (QED) is 0.668. The van der Waals surface area contributed by atoms with Gasteiger partial charge in [0, 0.05) is 35.8 Å². The molecule has 2 heterocycles. The van der Waals surface area contributed by atoms with E-state index in [1.54, 1.807) is 24.4 Å². The molecule has 134 valence electrons. The third-order valence-electron chi connectivity index (χ3n) is 4.85. The predicted octanol–water partition coefficient (Wildman–Crippen LogP) is 2.21. The standard InChI is InChI=1S/C19H21N5O2/c20-17(26)13-3-1-2-12(10-13)16-11-24-9-8-21-19(24)18(23-16)22-14-4-6-15(25)7-5-14/h1-3,8-11,14-15,25H,4-7H2,(H2,20,26)(H,22,23). The first kappa shape index (κ1) is 16.5. The Bertz CT molecular complexity index is 944. The van der Waals surface area contributed by atoms with Crippen LogP contribution in [0.15, 0.2) is 42.9 Å². The molecule has 7 nitrogen and oxygen atoms in total. The van der Waals surface area contributed by atoms with Crippen molar-refractivity contribution in [3.63, 3.8) is 0 Å². The molecule has 0 unspecified atom stereocenters. The van der Waals surface area contributed by atoms with Gasteiger partial charge in [-0.25, -0.2) is 9.97 Å². The number of aromatic nitrogens is 3. The maximum Gasteiger partial charge on any atom is 0.248 e. The predicted molar refractivity (Wildman–Crippen MR) is 98.8 cm³/mol. The second kappa shape index (κ2) is 6.76. The minimum atomic E-state index is -0.463. The van der Waals surface area contributed by atoms with Gasteiger partial charge in [0.15, 0.2) is 11.5 Å². The van der Waals surface area contributed by atoms with Gasteiger partial charge in [0.05, 0.1) is 11.8 Å². The van der Waals surface area contributed by atoms with Crippen molar-refractivity contribution < 1.29 is 9.90 Å². The minimum absolute atomic E-state index is 0.199. The number of aliphatic hydroxyl groups excluding tert-OH is 1. The van der Waals surface area contributed by atoms with E-state index in [4.69, 9.17) is 10.7 Å². The Morgan fingerprint density at radius 1 is 1.27 bits per heavy atom. The molecule has 0 aliphatic heterocycles. The normalized spacial score (nSPS) is 20.2. The summed E-state index contributed by atoms with van der Waals surface area (Å²) in [5.41, 5.74) is 8.15. The number of primary amides is 1. The molecule has 1 fully saturated rings. The molecule has 0 radical (unpaired) electrons. The van der Waals surface area contributed by atoms with Crippen LogP contribution >= 0.6 is 0 Å². The van der Waals surface area contributed by atoms with Crippen LogP contribution in [0.1, 0.15) is 36.0 Å². The van der Waals surface area contributed by atoms with Gasteiger partial charge in [0.1, 0.15) is 0 Å². The summed E-state index contributed by atoms with van der Waals surface area (Å²) in [4.78, 5) is 20.6. The summed E-state index contributed by atoms with van der Waals surface area (Å²) in [6.07, 6.45) is 8.68. The van der Waals surface area contributed by atoms with Crippen molar-refractivity contribution in [1.82, 2.24) is 14.4 Å². The topological polar surface area (TPSA) is 106 Å². The number of hydrogen-bond donors (Lipinski definition) is 3. The molecule has 0 atom stereocenters. The molecule has 26 heavy (non-hydrogen) atoms. The number of aliphatic hydroxyl groups is 1. The lowest BCUT2D eigenvalue weighted by Crippen LogP contribution is -2.28. The van der Waals surface area contributed by atoms with Gasteiger partial charge in [-0.3, -0.25) is 4.79 Å². The Hall–Kier alpha value is -2.93. The van der Waals surface area contributed by atoms with Gasteiger partial charge in [0.25, 0.3) is 0 Å². The van der Waals surface area contributed by atoms with Crippen LogP contribution in [-0.2, 0) is 0 Å². The number of anilines is 1. The largest absolute Gasteiger partial charge is 0.393 e. The highest BCUT2D eigenvalue weighted by Crippen LogP contribution is 2.26. The summed E-state index contributed by atoms with van der Waals surface area (Å²) in [5.74, 6) is 0.244. The molecule has 7 heteroatoms. The zero-order valence-corrected chi connectivity index (χ0v) is 14.3. The zero-order chi connectivity index (χ0) is 18.1. The fraction of sp³-hybridized carbons (Fsp3) is 0.316. The molecule has 4 rings (SSSR count). The lowest BCUT2D eigenvalue weighted by Gasteiger charge is -2.26. The van der Waals surface area contributed by atoms with E-state index in [-0.39, 0.29) is 12.1 Å². The fourth-order valence-electron chi connectivity index (χ4n) is 3.41. The SMILES string of the molecule is NC(=O)c1cccc(-c2cn3ccnc3c(NC3CCC(O)CC3)n2)c1. The van der Waals surface area contributed by atoms with E-state index in [1.807, 2.05) is 22.9 Å². The molecule has 1 amide bonds. The zero-order valence-electron chi connectivity index (χ0n) is 14.3. The monoisotopic (exact) mass is 351 g/mol. The second-order valence-electron chi connectivity index (χ2n) is 6.73. The Kier molecular flexibility index (Phi) is 4.30. The number of nitrogens with one attached hydrogen (secondary N) is 1. The average Bonchev–Trinajstić information content (AvgIpc) is 3.12.